The van der Waals surface area contributed by atoms with Crippen LogP contribution in [0.5, 0.6) is 0 Å². The summed E-state index contributed by atoms with van der Waals surface area (Å²) in [6, 6.07) is 10.3. The molecular formula is C19H27NO4. The van der Waals surface area contributed by atoms with Crippen LogP contribution >= 0.6 is 0 Å². The van der Waals surface area contributed by atoms with Crippen LogP contribution in [0.3, 0.4) is 0 Å². The van der Waals surface area contributed by atoms with Crippen LogP contribution in [0.25, 0.3) is 0 Å². The monoisotopic (exact) mass is 333 g/mol. The molecule has 24 heavy (non-hydrogen) atoms. The molecule has 0 bridgehead atoms. The van der Waals surface area contributed by atoms with Gasteiger partial charge in [-0.3, -0.25) is 9.59 Å². The summed E-state index contributed by atoms with van der Waals surface area (Å²) < 4.78 is 5.60. The van der Waals surface area contributed by atoms with Gasteiger partial charge in [-0.05, 0) is 38.2 Å². The zero-order valence-electron chi connectivity index (χ0n) is 14.3. The number of likely N-dealkylation sites (tertiary alicyclic amines) is 1. The topological polar surface area (TPSA) is 66.8 Å². The van der Waals surface area contributed by atoms with Crippen molar-refractivity contribution < 1.29 is 19.4 Å². The van der Waals surface area contributed by atoms with E-state index in [0.29, 0.717) is 39.0 Å². The molecule has 0 aromatic heterocycles. The third-order valence-electron chi connectivity index (χ3n) is 4.61. The zero-order valence-corrected chi connectivity index (χ0v) is 14.3. The van der Waals surface area contributed by atoms with Gasteiger partial charge in [0.05, 0.1) is 12.5 Å². The number of hydrogen-bond acceptors (Lipinski definition) is 3. The van der Waals surface area contributed by atoms with Crippen LogP contribution in [0.4, 0.5) is 0 Å². The highest BCUT2D eigenvalue weighted by molar-refractivity contribution is 5.78. The van der Waals surface area contributed by atoms with Crippen LogP contribution in [0, 0.1) is 5.92 Å². The van der Waals surface area contributed by atoms with E-state index in [1.807, 2.05) is 25.1 Å². The normalized spacial score (nSPS) is 20.8. The third-order valence-corrected chi connectivity index (χ3v) is 4.61. The largest absolute Gasteiger partial charge is 0.481 e. The molecule has 2 unspecified atom stereocenters. The fourth-order valence-electron chi connectivity index (χ4n) is 3.06. The van der Waals surface area contributed by atoms with Crippen molar-refractivity contribution in [2.24, 2.45) is 5.92 Å². The highest BCUT2D eigenvalue weighted by Gasteiger charge is 2.32. The lowest BCUT2D eigenvalue weighted by Crippen LogP contribution is -2.47. The molecule has 0 aliphatic carbocycles. The Kier molecular flexibility index (Phi) is 7.25. The molecule has 1 fully saturated rings. The van der Waals surface area contributed by atoms with E-state index in [9.17, 15) is 9.59 Å². The maximum Gasteiger partial charge on any atom is 0.308 e. The molecule has 1 N–H and O–H groups in total. The highest BCUT2D eigenvalue weighted by atomic mass is 16.5. The van der Waals surface area contributed by atoms with Gasteiger partial charge in [-0.2, -0.15) is 0 Å². The first-order valence-corrected chi connectivity index (χ1v) is 8.72. The van der Waals surface area contributed by atoms with Gasteiger partial charge in [0.1, 0.15) is 0 Å². The molecule has 0 radical (unpaired) electrons. The smallest absolute Gasteiger partial charge is 0.308 e. The molecule has 2 rings (SSSR count). The standard InChI is InChI=1S/C19H27NO4/c1-15-9-10-17(19(22)23)14-20(15)18(21)8-5-12-24-13-11-16-6-3-2-4-7-16/h2-4,6-7,15,17H,5,8-14H2,1H3,(H,22,23). The number of carbonyl (C=O) groups excluding carboxylic acids is 1. The number of carboxylic acids is 1. The Hall–Kier alpha value is -1.88. The third kappa shape index (κ3) is 5.64. The first kappa shape index (κ1) is 18.5. The first-order chi connectivity index (χ1) is 11.6. The van der Waals surface area contributed by atoms with E-state index >= 15 is 0 Å². The van der Waals surface area contributed by atoms with E-state index in [2.05, 4.69) is 12.1 Å². The summed E-state index contributed by atoms with van der Waals surface area (Å²) in [5.74, 6) is -1.18. The van der Waals surface area contributed by atoms with E-state index in [4.69, 9.17) is 9.84 Å². The predicted octanol–water partition coefficient (Wildman–Crippen LogP) is 2.74. The van der Waals surface area contributed by atoms with Crippen LogP contribution < -0.4 is 0 Å². The number of piperidine rings is 1. The van der Waals surface area contributed by atoms with Crippen molar-refractivity contribution in [1.29, 1.82) is 0 Å². The molecule has 5 heteroatoms. The molecule has 1 aromatic carbocycles. The molecule has 1 saturated heterocycles. The molecule has 0 spiro atoms. The fourth-order valence-corrected chi connectivity index (χ4v) is 3.06. The molecule has 132 valence electrons. The van der Waals surface area contributed by atoms with E-state index in [1.165, 1.54) is 5.56 Å². The van der Waals surface area contributed by atoms with E-state index in [-0.39, 0.29) is 11.9 Å². The lowest BCUT2D eigenvalue weighted by atomic mass is 9.93. The maximum absolute atomic E-state index is 12.3. The molecule has 0 saturated carbocycles. The molecule has 1 aliphatic heterocycles. The minimum atomic E-state index is -0.802. The lowest BCUT2D eigenvalue weighted by Gasteiger charge is -2.36. The molecular weight excluding hydrogens is 306 g/mol. The second-order valence-corrected chi connectivity index (χ2v) is 6.46. The van der Waals surface area contributed by atoms with Crippen LogP contribution in [-0.4, -0.2) is 47.7 Å². The van der Waals surface area contributed by atoms with Gasteiger partial charge < -0.3 is 14.7 Å². The van der Waals surface area contributed by atoms with Crippen LogP contribution in [0.2, 0.25) is 0 Å². The number of hydrogen-bond donors (Lipinski definition) is 1. The average molecular weight is 333 g/mol. The Morgan fingerprint density at radius 2 is 1.96 bits per heavy atom. The second kappa shape index (κ2) is 9.42. The van der Waals surface area contributed by atoms with Gasteiger partial charge >= 0.3 is 5.97 Å². The molecule has 1 amide bonds. The van der Waals surface area contributed by atoms with Gasteiger partial charge in [-0.15, -0.1) is 0 Å². The molecule has 1 aliphatic rings. The van der Waals surface area contributed by atoms with Crippen molar-refractivity contribution in [2.45, 2.75) is 45.1 Å². The first-order valence-electron chi connectivity index (χ1n) is 8.72. The predicted molar refractivity (Wildman–Crippen MR) is 91.7 cm³/mol. The summed E-state index contributed by atoms with van der Waals surface area (Å²) in [5.41, 5.74) is 1.25. The van der Waals surface area contributed by atoms with Crippen LogP contribution in [-0.2, 0) is 20.7 Å². The summed E-state index contributed by atoms with van der Waals surface area (Å²) in [4.78, 5) is 25.2. The minimum Gasteiger partial charge on any atom is -0.481 e. The number of nitrogens with zero attached hydrogens (tertiary/aromatic N) is 1. The number of aliphatic carboxylic acids is 1. The van der Waals surface area contributed by atoms with Crippen LogP contribution in [0.1, 0.15) is 38.2 Å². The van der Waals surface area contributed by atoms with E-state index < -0.39 is 11.9 Å². The molecule has 5 nitrogen and oxygen atoms in total. The molecule has 2 atom stereocenters. The van der Waals surface area contributed by atoms with Gasteiger partial charge in [0.2, 0.25) is 5.91 Å². The van der Waals surface area contributed by atoms with Gasteiger partial charge in [-0.25, -0.2) is 0 Å². The Labute approximate surface area is 143 Å². The van der Waals surface area contributed by atoms with Crippen molar-refractivity contribution in [3.63, 3.8) is 0 Å². The van der Waals surface area contributed by atoms with Gasteiger partial charge in [0.15, 0.2) is 0 Å². The second-order valence-electron chi connectivity index (χ2n) is 6.46. The zero-order chi connectivity index (χ0) is 17.4. The van der Waals surface area contributed by atoms with E-state index in [0.717, 1.165) is 12.8 Å². The lowest BCUT2D eigenvalue weighted by molar-refractivity contribution is -0.147. The van der Waals surface area contributed by atoms with Gasteiger partial charge in [0, 0.05) is 25.6 Å². The van der Waals surface area contributed by atoms with E-state index in [1.54, 1.807) is 4.90 Å². The summed E-state index contributed by atoms with van der Waals surface area (Å²) in [7, 11) is 0. The minimum absolute atomic E-state index is 0.0418. The number of amides is 1. The Bertz CT molecular complexity index is 531. The molecule has 1 heterocycles. The summed E-state index contributed by atoms with van der Waals surface area (Å²) >= 11 is 0. The summed E-state index contributed by atoms with van der Waals surface area (Å²) in [5, 5.41) is 9.13. The fraction of sp³-hybridized carbons (Fsp3) is 0.579. The Balaban J connectivity index is 1.62. The van der Waals surface area contributed by atoms with Crippen molar-refractivity contribution in [3.8, 4) is 0 Å². The number of ether oxygens (including phenoxy) is 1. The van der Waals surface area contributed by atoms with Crippen molar-refractivity contribution in [1.82, 2.24) is 4.90 Å². The maximum atomic E-state index is 12.3. The van der Waals surface area contributed by atoms with Crippen molar-refractivity contribution in [2.75, 3.05) is 19.8 Å². The number of carboxylic acid groups (broad SMARTS) is 1. The van der Waals surface area contributed by atoms with Crippen molar-refractivity contribution in [3.05, 3.63) is 35.9 Å². The number of carbonyl (C=O) groups is 2. The Morgan fingerprint density at radius 1 is 1.21 bits per heavy atom. The van der Waals surface area contributed by atoms with Gasteiger partial charge in [-0.1, -0.05) is 30.3 Å². The number of rotatable bonds is 8. The Morgan fingerprint density at radius 3 is 2.67 bits per heavy atom. The van der Waals surface area contributed by atoms with Crippen LogP contribution in [0.15, 0.2) is 30.3 Å². The molecule has 1 aromatic rings. The average Bonchev–Trinajstić information content (AvgIpc) is 2.58. The number of benzene rings is 1. The van der Waals surface area contributed by atoms with Crippen molar-refractivity contribution >= 4 is 11.9 Å². The highest BCUT2D eigenvalue weighted by Crippen LogP contribution is 2.23. The SMILES string of the molecule is CC1CCC(C(=O)O)CN1C(=O)CCCOCCc1ccccc1. The summed E-state index contributed by atoms with van der Waals surface area (Å²) in [6.45, 7) is 3.54. The van der Waals surface area contributed by atoms with Gasteiger partial charge in [0.25, 0.3) is 0 Å². The summed E-state index contributed by atoms with van der Waals surface area (Å²) in [6.07, 6.45) is 3.38. The quantitative estimate of drug-likeness (QED) is 0.743.